The average molecular weight is 267 g/mol. The molecule has 0 amide bonds. The zero-order valence-corrected chi connectivity index (χ0v) is 13.4. The minimum absolute atomic E-state index is 0.368. The van der Waals surface area contributed by atoms with Gasteiger partial charge in [0.2, 0.25) is 0 Å². The van der Waals surface area contributed by atoms with Gasteiger partial charge in [-0.2, -0.15) is 0 Å². The Kier molecular flexibility index (Phi) is 5.27. The molecule has 1 N–H and O–H groups in total. The van der Waals surface area contributed by atoms with Gasteiger partial charge in [-0.1, -0.05) is 13.8 Å². The van der Waals surface area contributed by atoms with E-state index in [0.29, 0.717) is 11.6 Å². The Morgan fingerprint density at radius 1 is 1.26 bits per heavy atom. The fourth-order valence-corrected chi connectivity index (χ4v) is 3.82. The van der Waals surface area contributed by atoms with Crippen molar-refractivity contribution in [3.63, 3.8) is 0 Å². The topological polar surface area (TPSA) is 18.5 Å². The minimum Gasteiger partial charge on any atom is -0.308 e. The summed E-state index contributed by atoms with van der Waals surface area (Å²) >= 11 is 0. The molecule has 2 rings (SSSR count). The average Bonchev–Trinajstić information content (AvgIpc) is 2.42. The van der Waals surface area contributed by atoms with Crippen molar-refractivity contribution >= 4 is 0 Å². The van der Waals surface area contributed by atoms with E-state index in [1.54, 1.807) is 0 Å². The third kappa shape index (κ3) is 3.71. The van der Waals surface area contributed by atoms with Crippen LogP contribution in [0.3, 0.4) is 0 Å². The number of piperazine rings is 1. The Hall–Kier alpha value is -0.120. The van der Waals surface area contributed by atoms with E-state index in [-0.39, 0.29) is 0 Å². The normalized spacial score (nSPS) is 33.5. The highest BCUT2D eigenvalue weighted by atomic mass is 15.3. The molecule has 112 valence electrons. The Morgan fingerprint density at radius 2 is 2.00 bits per heavy atom. The molecule has 0 aromatic heterocycles. The van der Waals surface area contributed by atoms with Gasteiger partial charge in [0.25, 0.3) is 0 Å². The maximum absolute atomic E-state index is 3.81. The van der Waals surface area contributed by atoms with Crippen LogP contribution < -0.4 is 5.32 Å². The van der Waals surface area contributed by atoms with Crippen LogP contribution in [0.15, 0.2) is 0 Å². The lowest BCUT2D eigenvalue weighted by Gasteiger charge is -2.48. The maximum atomic E-state index is 3.81. The van der Waals surface area contributed by atoms with Crippen LogP contribution in [0.2, 0.25) is 0 Å². The molecule has 2 atom stereocenters. The van der Waals surface area contributed by atoms with E-state index in [2.05, 4.69) is 42.9 Å². The van der Waals surface area contributed by atoms with Crippen LogP contribution >= 0.6 is 0 Å². The number of hydrogen-bond donors (Lipinski definition) is 1. The van der Waals surface area contributed by atoms with Gasteiger partial charge >= 0.3 is 0 Å². The van der Waals surface area contributed by atoms with Gasteiger partial charge in [-0.25, -0.2) is 0 Å². The highest BCUT2D eigenvalue weighted by Gasteiger charge is 2.36. The minimum atomic E-state index is 0.368. The molecule has 0 bridgehead atoms. The lowest BCUT2D eigenvalue weighted by Crippen LogP contribution is -2.64. The van der Waals surface area contributed by atoms with E-state index in [1.165, 1.54) is 51.9 Å². The van der Waals surface area contributed by atoms with Crippen LogP contribution in [0.4, 0.5) is 0 Å². The van der Waals surface area contributed by atoms with E-state index < -0.39 is 0 Å². The van der Waals surface area contributed by atoms with Gasteiger partial charge in [0.1, 0.15) is 0 Å². The quantitative estimate of drug-likeness (QED) is 0.842. The SMILES string of the molecule is CCC1(CC)CN(CC2CCCN(C)C2)C(C)CN1. The van der Waals surface area contributed by atoms with Gasteiger partial charge in [0.05, 0.1) is 0 Å². The van der Waals surface area contributed by atoms with Gasteiger partial charge in [0.15, 0.2) is 0 Å². The smallest absolute Gasteiger partial charge is 0.0304 e. The van der Waals surface area contributed by atoms with Gasteiger partial charge < -0.3 is 10.2 Å². The molecule has 3 nitrogen and oxygen atoms in total. The van der Waals surface area contributed by atoms with Crippen molar-refractivity contribution in [3.8, 4) is 0 Å². The molecule has 0 saturated carbocycles. The van der Waals surface area contributed by atoms with Crippen molar-refractivity contribution in [2.45, 2.75) is 58.0 Å². The summed E-state index contributed by atoms with van der Waals surface area (Å²) in [5.74, 6) is 0.880. The molecular weight excluding hydrogens is 234 g/mol. The molecule has 2 unspecified atom stereocenters. The molecule has 2 saturated heterocycles. The van der Waals surface area contributed by atoms with Crippen LogP contribution in [0, 0.1) is 5.92 Å². The first-order valence-electron chi connectivity index (χ1n) is 8.26. The third-order valence-corrected chi connectivity index (χ3v) is 5.47. The van der Waals surface area contributed by atoms with E-state index in [9.17, 15) is 0 Å². The number of piperidine rings is 1. The molecule has 2 aliphatic heterocycles. The van der Waals surface area contributed by atoms with Gasteiger partial charge in [0, 0.05) is 37.8 Å². The second-order valence-corrected chi connectivity index (χ2v) is 6.92. The van der Waals surface area contributed by atoms with Gasteiger partial charge in [-0.05, 0) is 52.1 Å². The summed E-state index contributed by atoms with van der Waals surface area (Å²) < 4.78 is 0. The predicted molar refractivity (Wildman–Crippen MR) is 82.6 cm³/mol. The molecule has 19 heavy (non-hydrogen) atoms. The Labute approximate surface area is 119 Å². The first-order chi connectivity index (χ1) is 9.08. The fourth-order valence-electron chi connectivity index (χ4n) is 3.82. The van der Waals surface area contributed by atoms with Gasteiger partial charge in [-0.3, -0.25) is 4.90 Å². The number of nitrogens with one attached hydrogen (secondary N) is 1. The molecule has 2 aliphatic rings. The molecule has 0 aromatic rings. The molecule has 0 aromatic carbocycles. The monoisotopic (exact) mass is 267 g/mol. The third-order valence-electron chi connectivity index (χ3n) is 5.47. The van der Waals surface area contributed by atoms with Crippen molar-refractivity contribution in [3.05, 3.63) is 0 Å². The summed E-state index contributed by atoms with van der Waals surface area (Å²) in [5, 5.41) is 3.81. The van der Waals surface area contributed by atoms with E-state index in [1.807, 2.05) is 0 Å². The second-order valence-electron chi connectivity index (χ2n) is 6.92. The van der Waals surface area contributed by atoms with E-state index >= 15 is 0 Å². The highest BCUT2D eigenvalue weighted by Crippen LogP contribution is 2.25. The first kappa shape index (κ1) is 15.3. The largest absolute Gasteiger partial charge is 0.308 e. The van der Waals surface area contributed by atoms with Crippen LogP contribution in [-0.2, 0) is 0 Å². The fraction of sp³-hybridized carbons (Fsp3) is 1.00. The Morgan fingerprint density at radius 3 is 2.63 bits per heavy atom. The van der Waals surface area contributed by atoms with Crippen LogP contribution in [0.1, 0.15) is 46.5 Å². The van der Waals surface area contributed by atoms with Crippen LogP contribution in [0.25, 0.3) is 0 Å². The zero-order valence-electron chi connectivity index (χ0n) is 13.4. The Balaban J connectivity index is 1.93. The van der Waals surface area contributed by atoms with E-state index in [0.717, 1.165) is 12.5 Å². The molecule has 2 fully saturated rings. The molecular formula is C16H33N3. The van der Waals surface area contributed by atoms with Crippen molar-refractivity contribution in [2.75, 3.05) is 39.8 Å². The van der Waals surface area contributed by atoms with Crippen molar-refractivity contribution in [2.24, 2.45) is 5.92 Å². The summed E-state index contributed by atoms with van der Waals surface area (Å²) in [5.41, 5.74) is 0.368. The standard InChI is InChI=1S/C16H33N3/c1-5-16(6-2)13-19(14(3)10-17-16)12-15-8-7-9-18(4)11-15/h14-15,17H,5-13H2,1-4H3. The second kappa shape index (κ2) is 6.55. The maximum Gasteiger partial charge on any atom is 0.0304 e. The molecule has 2 heterocycles. The van der Waals surface area contributed by atoms with E-state index in [4.69, 9.17) is 0 Å². The highest BCUT2D eigenvalue weighted by molar-refractivity contribution is 4.96. The predicted octanol–water partition coefficient (Wildman–Crippen LogP) is 2.18. The molecule has 3 heteroatoms. The van der Waals surface area contributed by atoms with Crippen molar-refractivity contribution in [1.29, 1.82) is 0 Å². The summed E-state index contributed by atoms with van der Waals surface area (Å²) in [4.78, 5) is 5.27. The first-order valence-corrected chi connectivity index (χ1v) is 8.26. The zero-order chi connectivity index (χ0) is 13.9. The number of hydrogen-bond acceptors (Lipinski definition) is 3. The van der Waals surface area contributed by atoms with Crippen molar-refractivity contribution < 1.29 is 0 Å². The summed E-state index contributed by atoms with van der Waals surface area (Å²) in [7, 11) is 2.27. The van der Waals surface area contributed by atoms with Crippen LogP contribution in [0.5, 0.6) is 0 Å². The summed E-state index contributed by atoms with van der Waals surface area (Å²) in [6, 6.07) is 0.693. The molecule has 0 radical (unpaired) electrons. The van der Waals surface area contributed by atoms with Crippen LogP contribution in [-0.4, -0.2) is 61.2 Å². The number of nitrogens with zero attached hydrogens (tertiary/aromatic N) is 2. The summed E-state index contributed by atoms with van der Waals surface area (Å²) in [6.45, 7) is 13.3. The summed E-state index contributed by atoms with van der Waals surface area (Å²) in [6.07, 6.45) is 5.30. The Bertz CT molecular complexity index is 275. The lowest BCUT2D eigenvalue weighted by molar-refractivity contribution is 0.0531. The lowest BCUT2D eigenvalue weighted by atomic mass is 9.87. The van der Waals surface area contributed by atoms with Crippen molar-refractivity contribution in [1.82, 2.24) is 15.1 Å². The molecule has 0 aliphatic carbocycles. The molecule has 0 spiro atoms. The number of rotatable bonds is 4. The number of likely N-dealkylation sites (tertiary alicyclic amines) is 1. The van der Waals surface area contributed by atoms with Gasteiger partial charge in [-0.15, -0.1) is 0 Å².